The van der Waals surface area contributed by atoms with Gasteiger partial charge < -0.3 is 24.8 Å². The lowest BCUT2D eigenvalue weighted by Gasteiger charge is -2.16. The zero-order chi connectivity index (χ0) is 14.1. The van der Waals surface area contributed by atoms with Gasteiger partial charge in [-0.3, -0.25) is 0 Å². The van der Waals surface area contributed by atoms with Crippen molar-refractivity contribution in [3.8, 4) is 17.2 Å². The fourth-order valence-corrected chi connectivity index (χ4v) is 1.88. The third-order valence-corrected chi connectivity index (χ3v) is 2.83. The van der Waals surface area contributed by atoms with Crippen LogP contribution in [-0.2, 0) is 6.54 Å². The molecule has 19 heavy (non-hydrogen) atoms. The summed E-state index contributed by atoms with van der Waals surface area (Å²) in [6.45, 7) is 5.67. The van der Waals surface area contributed by atoms with Gasteiger partial charge in [0.15, 0.2) is 11.5 Å². The Balaban J connectivity index is 2.72. The van der Waals surface area contributed by atoms with Crippen LogP contribution in [0.15, 0.2) is 12.1 Å². The van der Waals surface area contributed by atoms with Crippen LogP contribution in [0.3, 0.4) is 0 Å². The minimum atomic E-state index is 0.635. The van der Waals surface area contributed by atoms with Crippen LogP contribution in [0.5, 0.6) is 17.2 Å². The van der Waals surface area contributed by atoms with E-state index in [0.29, 0.717) is 11.5 Å². The fourth-order valence-electron chi connectivity index (χ4n) is 1.88. The Hall–Kier alpha value is -1.46. The first-order valence-corrected chi connectivity index (χ1v) is 6.47. The molecular weight excluding hydrogens is 244 g/mol. The molecule has 0 aliphatic rings. The second-order valence-electron chi connectivity index (χ2n) is 4.02. The van der Waals surface area contributed by atoms with E-state index in [-0.39, 0.29) is 0 Å². The van der Waals surface area contributed by atoms with Crippen molar-refractivity contribution in [2.45, 2.75) is 13.5 Å². The summed E-state index contributed by atoms with van der Waals surface area (Å²) in [5.74, 6) is 2.03. The van der Waals surface area contributed by atoms with E-state index < -0.39 is 0 Å². The fraction of sp³-hybridized carbons (Fsp3) is 0.571. The number of rotatable bonds is 9. The van der Waals surface area contributed by atoms with Crippen molar-refractivity contribution in [1.29, 1.82) is 0 Å². The second-order valence-corrected chi connectivity index (χ2v) is 4.02. The molecule has 0 unspecified atom stereocenters. The number of methoxy groups -OCH3 is 3. The van der Waals surface area contributed by atoms with Crippen LogP contribution in [0.2, 0.25) is 0 Å². The third-order valence-electron chi connectivity index (χ3n) is 2.83. The highest BCUT2D eigenvalue weighted by molar-refractivity contribution is 5.55. The molecule has 1 aromatic rings. The van der Waals surface area contributed by atoms with Crippen LogP contribution in [0.4, 0.5) is 0 Å². The number of hydrogen-bond donors (Lipinski definition) is 2. The van der Waals surface area contributed by atoms with Gasteiger partial charge in [-0.05, 0) is 12.6 Å². The first kappa shape index (κ1) is 15.6. The average Bonchev–Trinajstić information content (AvgIpc) is 2.45. The Morgan fingerprint density at radius 2 is 1.58 bits per heavy atom. The number of benzene rings is 1. The molecule has 0 atom stereocenters. The van der Waals surface area contributed by atoms with Crippen molar-refractivity contribution >= 4 is 0 Å². The van der Waals surface area contributed by atoms with E-state index in [9.17, 15) is 0 Å². The topological polar surface area (TPSA) is 51.8 Å². The van der Waals surface area contributed by atoms with Gasteiger partial charge in [0.2, 0.25) is 5.75 Å². The molecule has 1 aromatic carbocycles. The van der Waals surface area contributed by atoms with Gasteiger partial charge in [0.1, 0.15) is 0 Å². The predicted molar refractivity (Wildman–Crippen MR) is 76.3 cm³/mol. The summed E-state index contributed by atoms with van der Waals surface area (Å²) < 4.78 is 16.0. The monoisotopic (exact) mass is 268 g/mol. The molecule has 0 aliphatic heterocycles. The summed E-state index contributed by atoms with van der Waals surface area (Å²) in [6, 6.07) is 3.88. The normalized spacial score (nSPS) is 10.3. The van der Waals surface area contributed by atoms with Crippen LogP contribution in [-0.4, -0.2) is 41.0 Å². The lowest BCUT2D eigenvalue weighted by atomic mass is 10.1. The molecule has 5 nitrogen and oxygen atoms in total. The first-order valence-electron chi connectivity index (χ1n) is 6.47. The van der Waals surface area contributed by atoms with Gasteiger partial charge in [-0.15, -0.1) is 0 Å². The Bertz CT molecular complexity index is 383. The van der Waals surface area contributed by atoms with Crippen molar-refractivity contribution in [1.82, 2.24) is 10.6 Å². The summed E-state index contributed by atoms with van der Waals surface area (Å²) in [6.07, 6.45) is 0. The number of ether oxygens (including phenoxy) is 3. The van der Waals surface area contributed by atoms with Crippen LogP contribution in [0.25, 0.3) is 0 Å². The predicted octanol–water partition coefficient (Wildman–Crippen LogP) is 1.41. The molecule has 0 spiro atoms. The van der Waals surface area contributed by atoms with Gasteiger partial charge >= 0.3 is 0 Å². The minimum Gasteiger partial charge on any atom is -0.493 e. The molecule has 0 aliphatic carbocycles. The van der Waals surface area contributed by atoms with Gasteiger partial charge in [-0.1, -0.05) is 13.0 Å². The van der Waals surface area contributed by atoms with E-state index >= 15 is 0 Å². The quantitative estimate of drug-likeness (QED) is 0.663. The van der Waals surface area contributed by atoms with Crippen molar-refractivity contribution in [3.05, 3.63) is 17.7 Å². The number of hydrogen-bond acceptors (Lipinski definition) is 5. The van der Waals surface area contributed by atoms with Crippen molar-refractivity contribution in [2.24, 2.45) is 0 Å². The van der Waals surface area contributed by atoms with Gasteiger partial charge in [0.25, 0.3) is 0 Å². The second kappa shape index (κ2) is 8.61. The summed E-state index contributed by atoms with van der Waals surface area (Å²) in [7, 11) is 4.87. The molecule has 0 saturated heterocycles. The lowest BCUT2D eigenvalue weighted by molar-refractivity contribution is 0.321. The maximum Gasteiger partial charge on any atom is 0.203 e. The number of nitrogens with one attached hydrogen (secondary N) is 2. The molecule has 1 rings (SSSR count). The Kier molecular flexibility index (Phi) is 7.07. The average molecular weight is 268 g/mol. The Labute approximate surface area is 115 Å². The smallest absolute Gasteiger partial charge is 0.203 e. The van der Waals surface area contributed by atoms with Crippen LogP contribution in [0.1, 0.15) is 12.5 Å². The molecule has 0 fully saturated rings. The molecule has 5 heteroatoms. The van der Waals surface area contributed by atoms with Crippen LogP contribution >= 0.6 is 0 Å². The lowest BCUT2D eigenvalue weighted by Crippen LogP contribution is -2.26. The zero-order valence-corrected chi connectivity index (χ0v) is 12.2. The molecule has 0 radical (unpaired) electrons. The van der Waals surface area contributed by atoms with Crippen LogP contribution < -0.4 is 24.8 Å². The highest BCUT2D eigenvalue weighted by Gasteiger charge is 2.15. The van der Waals surface area contributed by atoms with Gasteiger partial charge in [0.05, 0.1) is 21.3 Å². The number of likely N-dealkylation sites (N-methyl/N-ethyl adjacent to an activating group) is 1. The maximum absolute atomic E-state index is 5.43. The molecule has 0 heterocycles. The third kappa shape index (κ3) is 4.29. The molecule has 0 amide bonds. The highest BCUT2D eigenvalue weighted by atomic mass is 16.5. The largest absolute Gasteiger partial charge is 0.493 e. The van der Waals surface area contributed by atoms with Gasteiger partial charge in [-0.2, -0.15) is 0 Å². The van der Waals surface area contributed by atoms with E-state index in [4.69, 9.17) is 14.2 Å². The highest BCUT2D eigenvalue weighted by Crippen LogP contribution is 2.39. The maximum atomic E-state index is 5.43. The molecular formula is C14H24N2O3. The zero-order valence-electron chi connectivity index (χ0n) is 12.2. The standard InChI is InChI=1S/C14H24N2O3/c1-5-15-8-9-16-10-11-6-7-12(17-2)14(19-4)13(11)18-3/h6-7,15-16H,5,8-10H2,1-4H3. The van der Waals surface area contributed by atoms with Crippen molar-refractivity contribution in [2.75, 3.05) is 41.0 Å². The molecule has 0 saturated carbocycles. The SMILES string of the molecule is CCNCCNCc1ccc(OC)c(OC)c1OC. The van der Waals surface area contributed by atoms with Gasteiger partial charge in [-0.25, -0.2) is 0 Å². The molecule has 0 bridgehead atoms. The van der Waals surface area contributed by atoms with Crippen LogP contribution in [0, 0.1) is 0 Å². The summed E-state index contributed by atoms with van der Waals surface area (Å²) in [5.41, 5.74) is 1.05. The van der Waals surface area contributed by atoms with E-state index in [1.165, 1.54) is 0 Å². The summed E-state index contributed by atoms with van der Waals surface area (Å²) in [5, 5.41) is 6.63. The van der Waals surface area contributed by atoms with E-state index in [2.05, 4.69) is 17.6 Å². The summed E-state index contributed by atoms with van der Waals surface area (Å²) >= 11 is 0. The molecule has 108 valence electrons. The van der Waals surface area contributed by atoms with Crippen molar-refractivity contribution < 1.29 is 14.2 Å². The Morgan fingerprint density at radius 1 is 0.895 bits per heavy atom. The van der Waals surface area contributed by atoms with E-state index in [1.807, 2.05) is 12.1 Å². The minimum absolute atomic E-state index is 0.635. The van der Waals surface area contributed by atoms with E-state index in [0.717, 1.165) is 37.5 Å². The van der Waals surface area contributed by atoms with Crippen molar-refractivity contribution in [3.63, 3.8) is 0 Å². The summed E-state index contributed by atoms with van der Waals surface area (Å²) in [4.78, 5) is 0. The van der Waals surface area contributed by atoms with Gasteiger partial charge in [0, 0.05) is 25.2 Å². The molecule has 2 N–H and O–H groups in total. The first-order chi connectivity index (χ1) is 9.28. The van der Waals surface area contributed by atoms with E-state index in [1.54, 1.807) is 21.3 Å². The molecule has 0 aromatic heterocycles. The Morgan fingerprint density at radius 3 is 2.16 bits per heavy atom.